The number of nitrogens with zero attached hydrogens (tertiary/aromatic N) is 1. The first-order valence-electron chi connectivity index (χ1n) is 5.86. The highest BCUT2D eigenvalue weighted by atomic mass is 16.4. The Labute approximate surface area is 106 Å². The molecule has 0 aliphatic rings. The second kappa shape index (κ2) is 6.14. The van der Waals surface area contributed by atoms with Gasteiger partial charge in [-0.1, -0.05) is 19.9 Å². The van der Waals surface area contributed by atoms with Crippen molar-refractivity contribution in [1.82, 2.24) is 10.3 Å². The third kappa shape index (κ3) is 3.55. The van der Waals surface area contributed by atoms with Crippen molar-refractivity contribution in [2.45, 2.75) is 26.8 Å². The number of hydrogen-bond donors (Lipinski definition) is 2. The maximum absolute atomic E-state index is 11.9. The second-order valence-corrected chi connectivity index (χ2v) is 4.43. The van der Waals surface area contributed by atoms with Crippen LogP contribution >= 0.6 is 0 Å². The molecule has 98 valence electrons. The fourth-order valence-corrected chi connectivity index (χ4v) is 1.50. The van der Waals surface area contributed by atoms with E-state index in [9.17, 15) is 9.59 Å². The minimum atomic E-state index is -0.966. The summed E-state index contributed by atoms with van der Waals surface area (Å²) in [4.78, 5) is 26.7. The average Bonchev–Trinajstić information content (AvgIpc) is 2.37. The van der Waals surface area contributed by atoms with E-state index in [0.29, 0.717) is 0 Å². The van der Waals surface area contributed by atoms with Crippen molar-refractivity contribution in [2.75, 3.05) is 0 Å². The zero-order chi connectivity index (χ0) is 13.7. The summed E-state index contributed by atoms with van der Waals surface area (Å²) in [5.74, 6) is -2.50. The maximum Gasteiger partial charge on any atom is 0.307 e. The van der Waals surface area contributed by atoms with Crippen LogP contribution in [-0.2, 0) is 9.59 Å². The Hall–Kier alpha value is -1.91. The van der Waals surface area contributed by atoms with Crippen molar-refractivity contribution in [3.8, 4) is 0 Å². The molecule has 3 atom stereocenters. The number of carbonyl (C=O) groups is 2. The molecule has 1 amide bonds. The van der Waals surface area contributed by atoms with Gasteiger partial charge in [0.1, 0.15) is 0 Å². The Morgan fingerprint density at radius 2 is 1.94 bits per heavy atom. The molecule has 3 unspecified atom stereocenters. The van der Waals surface area contributed by atoms with Crippen LogP contribution in [0.4, 0.5) is 0 Å². The van der Waals surface area contributed by atoms with Crippen LogP contribution in [-0.4, -0.2) is 22.0 Å². The van der Waals surface area contributed by atoms with Gasteiger partial charge in [0.15, 0.2) is 0 Å². The van der Waals surface area contributed by atoms with Gasteiger partial charge >= 0.3 is 5.97 Å². The molecule has 0 saturated heterocycles. The fourth-order valence-electron chi connectivity index (χ4n) is 1.50. The molecule has 1 heterocycles. The molecular weight excluding hydrogens is 232 g/mol. The minimum absolute atomic E-state index is 0.186. The number of pyridine rings is 1. The van der Waals surface area contributed by atoms with Crippen LogP contribution in [0, 0.1) is 11.8 Å². The van der Waals surface area contributed by atoms with Crippen LogP contribution in [0.25, 0.3) is 0 Å². The molecule has 0 aliphatic carbocycles. The van der Waals surface area contributed by atoms with Crippen molar-refractivity contribution in [3.63, 3.8) is 0 Å². The van der Waals surface area contributed by atoms with E-state index < -0.39 is 17.8 Å². The molecule has 1 aromatic rings. The summed E-state index contributed by atoms with van der Waals surface area (Å²) < 4.78 is 0. The molecule has 0 spiro atoms. The zero-order valence-electron chi connectivity index (χ0n) is 10.8. The van der Waals surface area contributed by atoms with Crippen molar-refractivity contribution >= 4 is 11.9 Å². The van der Waals surface area contributed by atoms with E-state index in [1.54, 1.807) is 25.4 Å². The van der Waals surface area contributed by atoms with Gasteiger partial charge in [0.05, 0.1) is 12.0 Å². The molecule has 5 nitrogen and oxygen atoms in total. The van der Waals surface area contributed by atoms with Crippen molar-refractivity contribution < 1.29 is 14.7 Å². The van der Waals surface area contributed by atoms with Gasteiger partial charge in [0.25, 0.3) is 0 Å². The molecule has 0 aromatic carbocycles. The summed E-state index contributed by atoms with van der Waals surface area (Å²) in [5, 5.41) is 11.7. The van der Waals surface area contributed by atoms with Gasteiger partial charge in [-0.15, -0.1) is 0 Å². The van der Waals surface area contributed by atoms with Gasteiger partial charge in [-0.3, -0.25) is 14.6 Å². The van der Waals surface area contributed by atoms with E-state index in [4.69, 9.17) is 5.11 Å². The normalized spacial score (nSPS) is 15.5. The maximum atomic E-state index is 11.9. The molecular formula is C13H18N2O3. The van der Waals surface area contributed by atoms with E-state index in [1.165, 1.54) is 6.92 Å². The molecule has 0 radical (unpaired) electrons. The number of rotatable bonds is 5. The fraction of sp³-hybridized carbons (Fsp3) is 0.462. The van der Waals surface area contributed by atoms with Crippen LogP contribution in [0.2, 0.25) is 0 Å². The van der Waals surface area contributed by atoms with Crippen molar-refractivity contribution in [2.24, 2.45) is 11.8 Å². The van der Waals surface area contributed by atoms with Crippen LogP contribution < -0.4 is 5.32 Å². The first kappa shape index (κ1) is 14.2. The number of hydrogen-bond acceptors (Lipinski definition) is 3. The van der Waals surface area contributed by atoms with Gasteiger partial charge in [-0.25, -0.2) is 0 Å². The Kier molecular flexibility index (Phi) is 4.83. The largest absolute Gasteiger partial charge is 0.481 e. The summed E-state index contributed by atoms with van der Waals surface area (Å²) in [7, 11) is 0. The molecule has 0 fully saturated rings. The van der Waals surface area contributed by atoms with Crippen molar-refractivity contribution in [1.29, 1.82) is 0 Å². The third-order valence-electron chi connectivity index (χ3n) is 3.10. The lowest BCUT2D eigenvalue weighted by Crippen LogP contribution is -2.36. The number of amides is 1. The Morgan fingerprint density at radius 1 is 1.28 bits per heavy atom. The SMILES string of the molecule is CC(NC(=O)C(C)C(C)C(=O)O)c1cccnc1. The number of aliphatic carboxylic acids is 1. The van der Waals surface area contributed by atoms with E-state index in [2.05, 4.69) is 10.3 Å². The minimum Gasteiger partial charge on any atom is -0.481 e. The zero-order valence-corrected chi connectivity index (χ0v) is 10.8. The lowest BCUT2D eigenvalue weighted by atomic mass is 9.95. The molecule has 5 heteroatoms. The van der Waals surface area contributed by atoms with E-state index in [0.717, 1.165) is 5.56 Å². The molecule has 1 aromatic heterocycles. The molecule has 0 bridgehead atoms. The summed E-state index contributed by atoms with van der Waals surface area (Å²) >= 11 is 0. The highest BCUT2D eigenvalue weighted by Gasteiger charge is 2.26. The summed E-state index contributed by atoms with van der Waals surface area (Å²) in [6.07, 6.45) is 3.34. The third-order valence-corrected chi connectivity index (χ3v) is 3.10. The van der Waals surface area contributed by atoms with Crippen molar-refractivity contribution in [3.05, 3.63) is 30.1 Å². The summed E-state index contributed by atoms with van der Waals surface area (Å²) in [5.41, 5.74) is 0.890. The lowest BCUT2D eigenvalue weighted by molar-refractivity contribution is -0.146. The van der Waals surface area contributed by atoms with Crippen LogP contribution in [0.5, 0.6) is 0 Å². The highest BCUT2D eigenvalue weighted by molar-refractivity contribution is 5.84. The first-order chi connectivity index (χ1) is 8.43. The first-order valence-corrected chi connectivity index (χ1v) is 5.86. The van der Waals surface area contributed by atoms with Crippen LogP contribution in [0.15, 0.2) is 24.5 Å². The Morgan fingerprint density at radius 3 is 2.44 bits per heavy atom. The van der Waals surface area contributed by atoms with Gasteiger partial charge in [0, 0.05) is 18.3 Å². The predicted octanol–water partition coefficient (Wildman–Crippen LogP) is 1.62. The quantitative estimate of drug-likeness (QED) is 0.832. The monoisotopic (exact) mass is 250 g/mol. The Bertz CT molecular complexity index is 420. The number of carbonyl (C=O) groups excluding carboxylic acids is 1. The Balaban J connectivity index is 2.62. The molecule has 18 heavy (non-hydrogen) atoms. The average molecular weight is 250 g/mol. The van der Waals surface area contributed by atoms with Gasteiger partial charge in [-0.05, 0) is 18.6 Å². The molecule has 2 N–H and O–H groups in total. The summed E-state index contributed by atoms with van der Waals surface area (Å²) in [6.45, 7) is 4.98. The predicted molar refractivity (Wildman–Crippen MR) is 66.8 cm³/mol. The summed E-state index contributed by atoms with van der Waals surface area (Å²) in [6, 6.07) is 3.47. The second-order valence-electron chi connectivity index (χ2n) is 4.43. The molecule has 0 saturated carbocycles. The molecule has 0 aliphatic heterocycles. The standard InChI is InChI=1S/C13H18N2O3/c1-8(9(2)13(17)18)12(16)15-10(3)11-5-4-6-14-7-11/h4-10H,1-3H3,(H,15,16)(H,17,18). The smallest absolute Gasteiger partial charge is 0.307 e. The number of carboxylic acid groups (broad SMARTS) is 1. The molecule has 1 rings (SSSR count). The number of carboxylic acids is 1. The van der Waals surface area contributed by atoms with Gasteiger partial charge in [-0.2, -0.15) is 0 Å². The van der Waals surface area contributed by atoms with E-state index in [-0.39, 0.29) is 11.9 Å². The number of aromatic nitrogens is 1. The van der Waals surface area contributed by atoms with Crippen LogP contribution in [0.1, 0.15) is 32.4 Å². The van der Waals surface area contributed by atoms with Gasteiger partial charge < -0.3 is 10.4 Å². The van der Waals surface area contributed by atoms with E-state index >= 15 is 0 Å². The topological polar surface area (TPSA) is 79.3 Å². The van der Waals surface area contributed by atoms with Crippen LogP contribution in [0.3, 0.4) is 0 Å². The van der Waals surface area contributed by atoms with Gasteiger partial charge in [0.2, 0.25) is 5.91 Å². The number of nitrogens with one attached hydrogen (secondary N) is 1. The lowest BCUT2D eigenvalue weighted by Gasteiger charge is -2.19. The van der Waals surface area contributed by atoms with E-state index in [1.807, 2.05) is 13.0 Å². The highest BCUT2D eigenvalue weighted by Crippen LogP contribution is 2.15.